The van der Waals surface area contributed by atoms with Crippen LogP contribution in [-0.2, 0) is 4.79 Å². The molecular formula is C9H13N3O. The summed E-state index contributed by atoms with van der Waals surface area (Å²) in [5.41, 5.74) is 7.49. The first-order chi connectivity index (χ1) is 6.03. The van der Waals surface area contributed by atoms with Gasteiger partial charge < -0.3 is 0 Å². The Kier molecular flexibility index (Phi) is 1.49. The van der Waals surface area contributed by atoms with Gasteiger partial charge in [0.1, 0.15) is 5.54 Å². The largest absolute Gasteiger partial charge is 0.298 e. The fourth-order valence-corrected chi connectivity index (χ4v) is 2.85. The van der Waals surface area contributed by atoms with Crippen molar-refractivity contribution in [2.24, 2.45) is 16.4 Å². The second-order valence-electron chi connectivity index (χ2n) is 4.71. The van der Waals surface area contributed by atoms with E-state index in [2.05, 4.69) is 10.0 Å². The van der Waals surface area contributed by atoms with Crippen molar-refractivity contribution in [2.45, 2.75) is 38.6 Å². The van der Waals surface area contributed by atoms with Crippen LogP contribution in [0.4, 0.5) is 0 Å². The molecule has 2 bridgehead atoms. The predicted octanol–water partition coefficient (Wildman–Crippen LogP) is 2.44. The molecule has 0 aromatic carbocycles. The standard InChI is InChI=1S/C9H13N3O/c1-8(2)6-3-4-9(5-6,7(8)13)11-12-10/h6H,3-5H2,1-2H3. The van der Waals surface area contributed by atoms with Gasteiger partial charge in [0.25, 0.3) is 0 Å². The van der Waals surface area contributed by atoms with Crippen molar-refractivity contribution >= 4 is 5.78 Å². The maximum absolute atomic E-state index is 11.9. The van der Waals surface area contributed by atoms with Gasteiger partial charge in [0, 0.05) is 10.3 Å². The second-order valence-corrected chi connectivity index (χ2v) is 4.71. The van der Waals surface area contributed by atoms with Gasteiger partial charge in [-0.3, -0.25) is 4.79 Å². The molecule has 0 aromatic heterocycles. The van der Waals surface area contributed by atoms with Crippen LogP contribution in [0.5, 0.6) is 0 Å². The Morgan fingerprint density at radius 1 is 1.62 bits per heavy atom. The molecule has 2 unspecified atom stereocenters. The molecule has 0 amide bonds. The van der Waals surface area contributed by atoms with Crippen LogP contribution in [0.25, 0.3) is 10.4 Å². The number of Topliss-reactive ketones (excluding diaryl/α,β-unsaturated/α-hetero) is 1. The minimum Gasteiger partial charge on any atom is -0.298 e. The molecule has 0 saturated heterocycles. The number of nitrogens with zero attached hydrogens (tertiary/aromatic N) is 3. The van der Waals surface area contributed by atoms with E-state index >= 15 is 0 Å². The van der Waals surface area contributed by atoms with Crippen LogP contribution in [0, 0.1) is 11.3 Å². The molecule has 2 atom stereocenters. The summed E-state index contributed by atoms with van der Waals surface area (Å²) in [6.45, 7) is 3.93. The number of rotatable bonds is 1. The van der Waals surface area contributed by atoms with Crippen LogP contribution >= 0.6 is 0 Å². The first-order valence-electron chi connectivity index (χ1n) is 4.64. The van der Waals surface area contributed by atoms with E-state index in [1.54, 1.807) is 0 Å². The van der Waals surface area contributed by atoms with Crippen LogP contribution < -0.4 is 0 Å². The first kappa shape index (κ1) is 8.57. The molecule has 13 heavy (non-hydrogen) atoms. The van der Waals surface area contributed by atoms with Crippen molar-refractivity contribution in [1.82, 2.24) is 0 Å². The summed E-state index contributed by atoms with van der Waals surface area (Å²) in [6, 6.07) is 0. The summed E-state index contributed by atoms with van der Waals surface area (Å²) in [7, 11) is 0. The van der Waals surface area contributed by atoms with E-state index in [1.807, 2.05) is 13.8 Å². The number of hydrogen-bond donors (Lipinski definition) is 0. The molecule has 0 spiro atoms. The fraction of sp³-hybridized carbons (Fsp3) is 0.889. The molecule has 70 valence electrons. The van der Waals surface area contributed by atoms with Crippen molar-refractivity contribution in [3.8, 4) is 0 Å². The molecule has 2 saturated carbocycles. The third kappa shape index (κ3) is 0.866. The first-order valence-corrected chi connectivity index (χ1v) is 4.64. The van der Waals surface area contributed by atoms with Crippen molar-refractivity contribution in [2.75, 3.05) is 0 Å². The monoisotopic (exact) mass is 179 g/mol. The summed E-state index contributed by atoms with van der Waals surface area (Å²) in [5, 5.41) is 3.72. The highest BCUT2D eigenvalue weighted by molar-refractivity contribution is 5.96. The molecule has 0 aliphatic heterocycles. The van der Waals surface area contributed by atoms with Crippen LogP contribution in [0.1, 0.15) is 33.1 Å². The van der Waals surface area contributed by atoms with E-state index in [0.29, 0.717) is 5.92 Å². The van der Waals surface area contributed by atoms with E-state index in [1.165, 1.54) is 0 Å². The summed E-state index contributed by atoms with van der Waals surface area (Å²) in [4.78, 5) is 14.7. The van der Waals surface area contributed by atoms with Gasteiger partial charge in [0.15, 0.2) is 5.78 Å². The van der Waals surface area contributed by atoms with E-state index in [4.69, 9.17) is 5.53 Å². The average Bonchev–Trinajstić information content (AvgIpc) is 2.55. The molecule has 0 N–H and O–H groups in total. The summed E-state index contributed by atoms with van der Waals surface area (Å²) < 4.78 is 0. The van der Waals surface area contributed by atoms with Gasteiger partial charge >= 0.3 is 0 Å². The zero-order valence-corrected chi connectivity index (χ0v) is 7.95. The second kappa shape index (κ2) is 2.26. The van der Waals surface area contributed by atoms with Gasteiger partial charge in [-0.1, -0.05) is 19.0 Å². The lowest BCUT2D eigenvalue weighted by atomic mass is 9.74. The van der Waals surface area contributed by atoms with Gasteiger partial charge in [-0.15, -0.1) is 0 Å². The topological polar surface area (TPSA) is 65.8 Å². The maximum atomic E-state index is 11.9. The van der Waals surface area contributed by atoms with Gasteiger partial charge in [0.2, 0.25) is 0 Å². The van der Waals surface area contributed by atoms with Gasteiger partial charge in [0.05, 0.1) is 0 Å². The molecule has 2 rings (SSSR count). The summed E-state index contributed by atoms with van der Waals surface area (Å²) in [5.74, 6) is 0.569. The SMILES string of the molecule is CC1(C)C(=O)C2(N=[N+]=[N-])CCC1C2. The lowest BCUT2D eigenvalue weighted by molar-refractivity contribution is -0.131. The van der Waals surface area contributed by atoms with Crippen molar-refractivity contribution in [3.63, 3.8) is 0 Å². The zero-order valence-electron chi connectivity index (χ0n) is 7.95. The summed E-state index contributed by atoms with van der Waals surface area (Å²) in [6.07, 6.45) is 2.55. The lowest BCUT2D eigenvalue weighted by Crippen LogP contribution is -2.39. The molecule has 2 aliphatic rings. The number of carbonyl (C=O) groups is 1. The Morgan fingerprint density at radius 2 is 2.31 bits per heavy atom. The van der Waals surface area contributed by atoms with Gasteiger partial charge in [-0.05, 0) is 30.7 Å². The summed E-state index contributed by atoms with van der Waals surface area (Å²) >= 11 is 0. The highest BCUT2D eigenvalue weighted by Gasteiger charge is 2.61. The van der Waals surface area contributed by atoms with Gasteiger partial charge in [-0.2, -0.15) is 0 Å². The quantitative estimate of drug-likeness (QED) is 0.346. The third-order valence-electron chi connectivity index (χ3n) is 3.76. The van der Waals surface area contributed by atoms with Crippen LogP contribution in [0.2, 0.25) is 0 Å². The van der Waals surface area contributed by atoms with E-state index < -0.39 is 5.54 Å². The number of fused-ring (bicyclic) bond motifs is 2. The van der Waals surface area contributed by atoms with E-state index in [9.17, 15) is 4.79 Å². The Labute approximate surface area is 76.9 Å². The van der Waals surface area contributed by atoms with Gasteiger partial charge in [-0.25, -0.2) is 0 Å². The molecule has 4 heteroatoms. The van der Waals surface area contributed by atoms with E-state index in [-0.39, 0.29) is 11.2 Å². The van der Waals surface area contributed by atoms with Crippen LogP contribution in [0.15, 0.2) is 5.11 Å². The van der Waals surface area contributed by atoms with Crippen molar-refractivity contribution in [3.05, 3.63) is 10.4 Å². The number of ketones is 1. The molecule has 0 heterocycles. The fourth-order valence-electron chi connectivity index (χ4n) is 2.85. The number of azide groups is 1. The Hall–Kier alpha value is -1.02. The molecule has 4 nitrogen and oxygen atoms in total. The minimum absolute atomic E-state index is 0.147. The Balaban J connectivity index is 2.45. The third-order valence-corrected chi connectivity index (χ3v) is 3.76. The molecular weight excluding hydrogens is 166 g/mol. The zero-order chi connectivity index (χ0) is 9.69. The molecule has 2 aliphatic carbocycles. The predicted molar refractivity (Wildman–Crippen MR) is 48.0 cm³/mol. The highest BCUT2D eigenvalue weighted by Crippen LogP contribution is 2.56. The van der Waals surface area contributed by atoms with Crippen molar-refractivity contribution < 1.29 is 4.79 Å². The molecule has 2 fully saturated rings. The lowest BCUT2D eigenvalue weighted by Gasteiger charge is -2.30. The number of hydrogen-bond acceptors (Lipinski definition) is 2. The van der Waals surface area contributed by atoms with Crippen molar-refractivity contribution in [1.29, 1.82) is 0 Å². The molecule has 0 aromatic rings. The maximum Gasteiger partial charge on any atom is 0.150 e. The van der Waals surface area contributed by atoms with Crippen LogP contribution in [0.3, 0.4) is 0 Å². The Morgan fingerprint density at radius 3 is 2.77 bits per heavy atom. The average molecular weight is 179 g/mol. The Bertz CT molecular complexity index is 317. The number of carbonyl (C=O) groups excluding carboxylic acids is 1. The molecule has 0 radical (unpaired) electrons. The smallest absolute Gasteiger partial charge is 0.150 e. The highest BCUT2D eigenvalue weighted by atomic mass is 16.1. The minimum atomic E-state index is -0.678. The normalized spacial score (nSPS) is 40.5. The van der Waals surface area contributed by atoms with Crippen LogP contribution in [-0.4, -0.2) is 11.3 Å². The van der Waals surface area contributed by atoms with E-state index in [0.717, 1.165) is 19.3 Å².